The minimum absolute atomic E-state index is 0. The van der Waals surface area contributed by atoms with E-state index in [-0.39, 0.29) is 18.4 Å². The van der Waals surface area contributed by atoms with E-state index >= 15 is 0 Å². The van der Waals surface area contributed by atoms with E-state index in [9.17, 15) is 5.11 Å². The van der Waals surface area contributed by atoms with Crippen LogP contribution in [0.3, 0.4) is 0 Å². The van der Waals surface area contributed by atoms with Gasteiger partial charge in [-0.05, 0) is 48.9 Å². The zero-order chi connectivity index (χ0) is 13.0. The van der Waals surface area contributed by atoms with Gasteiger partial charge in [-0.25, -0.2) is 0 Å². The Hall–Kier alpha value is -0.280. The largest absolute Gasteiger partial charge is 0.391 e. The van der Waals surface area contributed by atoms with Crippen LogP contribution in [-0.2, 0) is 0 Å². The lowest BCUT2D eigenvalue weighted by Gasteiger charge is -2.21. The van der Waals surface area contributed by atoms with Crippen molar-refractivity contribution < 1.29 is 5.11 Å². The molecule has 0 saturated carbocycles. The summed E-state index contributed by atoms with van der Waals surface area (Å²) in [4.78, 5) is 0. The molecule has 18 heavy (non-hydrogen) atoms. The van der Waals surface area contributed by atoms with E-state index in [1.807, 2.05) is 25.1 Å². The second-order valence-electron chi connectivity index (χ2n) is 5.07. The molecule has 0 aliphatic carbocycles. The van der Waals surface area contributed by atoms with Crippen LogP contribution in [0, 0.1) is 12.8 Å². The van der Waals surface area contributed by atoms with Crippen molar-refractivity contribution in [3.8, 4) is 0 Å². The average molecular weight is 292 g/mol. The van der Waals surface area contributed by atoms with E-state index in [4.69, 9.17) is 17.3 Å². The minimum atomic E-state index is -0.489. The van der Waals surface area contributed by atoms with Crippen LogP contribution in [0.15, 0.2) is 18.2 Å². The number of rotatable bonds is 5. The first-order valence-electron chi connectivity index (χ1n) is 6.11. The molecular formula is C14H23Cl2NO. The normalized spacial score (nSPS) is 14.2. The molecule has 0 fully saturated rings. The van der Waals surface area contributed by atoms with Crippen molar-refractivity contribution in [2.45, 2.75) is 45.8 Å². The lowest BCUT2D eigenvalue weighted by molar-refractivity contribution is 0.128. The van der Waals surface area contributed by atoms with E-state index in [1.54, 1.807) is 0 Å². The molecular weight excluding hydrogens is 269 g/mol. The quantitative estimate of drug-likeness (QED) is 0.865. The molecule has 0 aliphatic rings. The van der Waals surface area contributed by atoms with Gasteiger partial charge in [-0.15, -0.1) is 12.4 Å². The van der Waals surface area contributed by atoms with Gasteiger partial charge in [0.2, 0.25) is 0 Å². The molecule has 3 N–H and O–H groups in total. The second-order valence-corrected chi connectivity index (χ2v) is 5.50. The Kier molecular flexibility index (Phi) is 7.88. The Morgan fingerprint density at radius 1 is 1.28 bits per heavy atom. The van der Waals surface area contributed by atoms with Crippen LogP contribution in [-0.4, -0.2) is 11.2 Å². The summed E-state index contributed by atoms with van der Waals surface area (Å²) in [5, 5.41) is 10.8. The number of hydrogen-bond acceptors (Lipinski definition) is 2. The molecule has 0 spiro atoms. The van der Waals surface area contributed by atoms with Crippen molar-refractivity contribution in [2.75, 3.05) is 0 Å². The Balaban J connectivity index is 0.00000289. The van der Waals surface area contributed by atoms with Crippen molar-refractivity contribution in [1.29, 1.82) is 0 Å². The predicted octanol–water partition coefficient (Wildman–Crippen LogP) is 3.87. The molecule has 0 aliphatic heterocycles. The van der Waals surface area contributed by atoms with Gasteiger partial charge in [0.1, 0.15) is 0 Å². The number of benzene rings is 1. The van der Waals surface area contributed by atoms with Gasteiger partial charge in [-0.3, -0.25) is 0 Å². The SMILES string of the molecule is Cc1cc(Cl)ccc1[C@@H](N)[C@@H](O)CCC(C)C.Cl. The molecule has 1 aromatic rings. The highest BCUT2D eigenvalue weighted by atomic mass is 35.5. The molecule has 0 aromatic heterocycles. The van der Waals surface area contributed by atoms with Crippen LogP contribution >= 0.6 is 24.0 Å². The Labute approximate surface area is 121 Å². The van der Waals surface area contributed by atoms with Gasteiger partial charge in [0.05, 0.1) is 12.1 Å². The minimum Gasteiger partial charge on any atom is -0.391 e. The van der Waals surface area contributed by atoms with Gasteiger partial charge < -0.3 is 10.8 Å². The summed E-state index contributed by atoms with van der Waals surface area (Å²) in [7, 11) is 0. The molecule has 4 heteroatoms. The first kappa shape index (κ1) is 17.7. The summed E-state index contributed by atoms with van der Waals surface area (Å²) in [6.07, 6.45) is 1.24. The first-order valence-corrected chi connectivity index (χ1v) is 6.49. The summed E-state index contributed by atoms with van der Waals surface area (Å²) >= 11 is 5.90. The second kappa shape index (κ2) is 8.00. The highest BCUT2D eigenvalue weighted by Crippen LogP contribution is 2.24. The van der Waals surface area contributed by atoms with Crippen molar-refractivity contribution in [3.05, 3.63) is 34.3 Å². The van der Waals surface area contributed by atoms with Crippen LogP contribution in [0.1, 0.15) is 43.9 Å². The van der Waals surface area contributed by atoms with Crippen molar-refractivity contribution >= 4 is 24.0 Å². The molecule has 0 heterocycles. The summed E-state index contributed by atoms with van der Waals surface area (Å²) in [6, 6.07) is 5.28. The molecule has 0 bridgehead atoms. The fourth-order valence-electron chi connectivity index (χ4n) is 1.90. The van der Waals surface area contributed by atoms with Crippen molar-refractivity contribution in [3.63, 3.8) is 0 Å². The molecule has 0 saturated heterocycles. The molecule has 0 unspecified atom stereocenters. The lowest BCUT2D eigenvalue weighted by Crippen LogP contribution is -2.27. The molecule has 0 radical (unpaired) electrons. The number of aliphatic hydroxyl groups is 1. The summed E-state index contributed by atoms with van der Waals surface area (Å²) in [6.45, 7) is 6.26. The van der Waals surface area contributed by atoms with Crippen molar-refractivity contribution in [2.24, 2.45) is 11.7 Å². The molecule has 104 valence electrons. The summed E-state index contributed by atoms with van der Waals surface area (Å²) in [5.41, 5.74) is 8.10. The van der Waals surface area contributed by atoms with E-state index in [2.05, 4.69) is 13.8 Å². The average Bonchev–Trinajstić information content (AvgIpc) is 2.25. The zero-order valence-electron chi connectivity index (χ0n) is 11.2. The molecule has 1 aromatic carbocycles. The van der Waals surface area contributed by atoms with Crippen LogP contribution in [0.2, 0.25) is 5.02 Å². The fourth-order valence-corrected chi connectivity index (χ4v) is 2.13. The monoisotopic (exact) mass is 291 g/mol. The van der Waals surface area contributed by atoms with Crippen LogP contribution in [0.25, 0.3) is 0 Å². The molecule has 1 rings (SSSR count). The van der Waals surface area contributed by atoms with E-state index < -0.39 is 6.10 Å². The van der Waals surface area contributed by atoms with Crippen LogP contribution in [0.5, 0.6) is 0 Å². The lowest BCUT2D eigenvalue weighted by atomic mass is 9.93. The predicted molar refractivity (Wildman–Crippen MR) is 80.4 cm³/mol. The third-order valence-corrected chi connectivity index (χ3v) is 3.28. The maximum atomic E-state index is 10.1. The number of aliphatic hydroxyl groups excluding tert-OH is 1. The van der Waals surface area contributed by atoms with Crippen molar-refractivity contribution in [1.82, 2.24) is 0 Å². The van der Waals surface area contributed by atoms with Crippen LogP contribution < -0.4 is 5.73 Å². The van der Waals surface area contributed by atoms with E-state index in [0.29, 0.717) is 10.9 Å². The molecule has 0 amide bonds. The molecule has 2 atom stereocenters. The van der Waals surface area contributed by atoms with Gasteiger partial charge in [-0.2, -0.15) is 0 Å². The highest BCUT2D eigenvalue weighted by Gasteiger charge is 2.18. The summed E-state index contributed by atoms with van der Waals surface area (Å²) in [5.74, 6) is 0.586. The first-order chi connectivity index (χ1) is 7.91. The van der Waals surface area contributed by atoms with E-state index in [0.717, 1.165) is 24.0 Å². The smallest absolute Gasteiger partial charge is 0.0733 e. The maximum absolute atomic E-state index is 10.1. The Bertz CT molecular complexity index is 369. The van der Waals surface area contributed by atoms with Gasteiger partial charge in [0.25, 0.3) is 0 Å². The maximum Gasteiger partial charge on any atom is 0.0733 e. The third-order valence-electron chi connectivity index (χ3n) is 3.05. The van der Waals surface area contributed by atoms with Gasteiger partial charge in [0.15, 0.2) is 0 Å². The van der Waals surface area contributed by atoms with Crippen LogP contribution in [0.4, 0.5) is 0 Å². The topological polar surface area (TPSA) is 46.2 Å². The Morgan fingerprint density at radius 3 is 2.39 bits per heavy atom. The fraction of sp³-hybridized carbons (Fsp3) is 0.571. The standard InChI is InChI=1S/C14H22ClNO.ClH/c1-9(2)4-7-13(17)14(16)12-6-5-11(15)8-10(12)3;/h5-6,8-9,13-14,17H,4,7,16H2,1-3H3;1H/t13-,14+;/m0./s1. The number of hydrogen-bond donors (Lipinski definition) is 2. The van der Waals surface area contributed by atoms with Gasteiger partial charge in [0, 0.05) is 5.02 Å². The third kappa shape index (κ3) is 5.15. The van der Waals surface area contributed by atoms with Gasteiger partial charge >= 0.3 is 0 Å². The van der Waals surface area contributed by atoms with Gasteiger partial charge in [-0.1, -0.05) is 31.5 Å². The number of aryl methyl sites for hydroxylation is 1. The number of nitrogens with two attached hydrogens (primary N) is 1. The highest BCUT2D eigenvalue weighted by molar-refractivity contribution is 6.30. The zero-order valence-corrected chi connectivity index (χ0v) is 12.8. The van der Waals surface area contributed by atoms with E-state index in [1.165, 1.54) is 0 Å². The molecule has 2 nitrogen and oxygen atoms in total. The number of halogens is 2. The Morgan fingerprint density at radius 2 is 1.89 bits per heavy atom. The summed E-state index contributed by atoms with van der Waals surface area (Å²) < 4.78 is 0.